The molecule has 108 valence electrons. The minimum absolute atomic E-state index is 0.111. The molecule has 20 heavy (non-hydrogen) atoms. The zero-order valence-electron chi connectivity index (χ0n) is 11.1. The van der Waals surface area contributed by atoms with E-state index in [-0.39, 0.29) is 11.4 Å². The Kier molecular flexibility index (Phi) is 4.22. The van der Waals surface area contributed by atoms with Crippen molar-refractivity contribution in [1.29, 1.82) is 0 Å². The Morgan fingerprint density at radius 3 is 2.35 bits per heavy atom. The second-order valence-electron chi connectivity index (χ2n) is 4.34. The van der Waals surface area contributed by atoms with Crippen LogP contribution < -0.4 is 10.5 Å². The Morgan fingerprint density at radius 2 is 1.80 bits per heavy atom. The third-order valence-corrected chi connectivity index (χ3v) is 5.00. The predicted octanol–water partition coefficient (Wildman–Crippen LogP) is 2.92. The molecule has 5 nitrogen and oxygen atoms in total. The molecule has 1 aromatic carbocycles. The quantitative estimate of drug-likeness (QED) is 0.879. The summed E-state index contributed by atoms with van der Waals surface area (Å²) in [5.41, 5.74) is 6.60. The second-order valence-corrected chi connectivity index (χ2v) is 6.87. The Morgan fingerprint density at radius 1 is 1.20 bits per heavy atom. The molecule has 0 atom stereocenters. The lowest BCUT2D eigenvalue weighted by Gasteiger charge is -2.09. The third kappa shape index (κ3) is 2.89. The van der Waals surface area contributed by atoms with Gasteiger partial charge in [0.1, 0.15) is 16.4 Å². The fourth-order valence-electron chi connectivity index (χ4n) is 2.02. The van der Waals surface area contributed by atoms with Gasteiger partial charge in [0.25, 0.3) is 10.0 Å². The maximum absolute atomic E-state index is 12.5. The van der Waals surface area contributed by atoms with Gasteiger partial charge in [0.2, 0.25) is 0 Å². The minimum atomic E-state index is -3.72. The van der Waals surface area contributed by atoms with E-state index in [1.807, 2.05) is 0 Å². The van der Waals surface area contributed by atoms with E-state index >= 15 is 0 Å². The van der Waals surface area contributed by atoms with Gasteiger partial charge >= 0.3 is 0 Å². The van der Waals surface area contributed by atoms with Crippen molar-refractivity contribution in [3.8, 4) is 0 Å². The SMILES string of the molecule is Cc1oc(C)c(S(=O)(=O)Nc2ccc(Br)cc2)c1CN. The van der Waals surface area contributed by atoms with E-state index in [1.165, 1.54) is 0 Å². The minimum Gasteiger partial charge on any atom is -0.465 e. The summed E-state index contributed by atoms with van der Waals surface area (Å²) >= 11 is 3.30. The molecular formula is C13H15BrN2O3S. The molecule has 0 aliphatic rings. The zero-order chi connectivity index (χ0) is 14.9. The Bertz CT molecular complexity index is 721. The highest BCUT2D eigenvalue weighted by Crippen LogP contribution is 2.28. The van der Waals surface area contributed by atoms with Crippen molar-refractivity contribution in [2.24, 2.45) is 5.73 Å². The summed E-state index contributed by atoms with van der Waals surface area (Å²) in [5, 5.41) is 0. The molecule has 0 saturated heterocycles. The lowest BCUT2D eigenvalue weighted by Crippen LogP contribution is -2.16. The molecule has 3 N–H and O–H groups in total. The molecule has 0 saturated carbocycles. The van der Waals surface area contributed by atoms with Gasteiger partial charge in [-0.3, -0.25) is 4.72 Å². The zero-order valence-corrected chi connectivity index (χ0v) is 13.5. The van der Waals surface area contributed by atoms with Crippen molar-refractivity contribution in [2.45, 2.75) is 25.3 Å². The van der Waals surface area contributed by atoms with Gasteiger partial charge in [0.15, 0.2) is 0 Å². The largest absolute Gasteiger partial charge is 0.465 e. The molecule has 0 spiro atoms. The fourth-order valence-corrected chi connectivity index (χ4v) is 3.81. The topological polar surface area (TPSA) is 85.3 Å². The molecule has 1 heterocycles. The molecule has 0 amide bonds. The Balaban J connectivity index is 2.43. The number of furan rings is 1. The summed E-state index contributed by atoms with van der Waals surface area (Å²) in [6.07, 6.45) is 0. The van der Waals surface area contributed by atoms with E-state index in [1.54, 1.807) is 38.1 Å². The average molecular weight is 359 g/mol. The molecule has 0 bridgehead atoms. The molecule has 0 radical (unpaired) electrons. The van der Waals surface area contributed by atoms with Gasteiger partial charge in [-0.1, -0.05) is 15.9 Å². The fraction of sp³-hybridized carbons (Fsp3) is 0.231. The van der Waals surface area contributed by atoms with Gasteiger partial charge in [0.05, 0.1) is 0 Å². The van der Waals surface area contributed by atoms with Gasteiger partial charge in [-0.25, -0.2) is 8.42 Å². The van der Waals surface area contributed by atoms with Crippen LogP contribution in [0.3, 0.4) is 0 Å². The van der Waals surface area contributed by atoms with Crippen molar-refractivity contribution in [1.82, 2.24) is 0 Å². The van der Waals surface area contributed by atoms with Crippen LogP contribution in [0.2, 0.25) is 0 Å². The van der Waals surface area contributed by atoms with Crippen LogP contribution in [-0.2, 0) is 16.6 Å². The molecule has 1 aromatic heterocycles. The Hall–Kier alpha value is -1.31. The number of hydrogen-bond acceptors (Lipinski definition) is 4. The number of anilines is 1. The van der Waals surface area contributed by atoms with Crippen LogP contribution in [0.4, 0.5) is 5.69 Å². The number of hydrogen-bond donors (Lipinski definition) is 2. The highest BCUT2D eigenvalue weighted by molar-refractivity contribution is 9.10. The molecule has 0 unspecified atom stereocenters. The van der Waals surface area contributed by atoms with Gasteiger partial charge < -0.3 is 10.2 Å². The number of nitrogens with one attached hydrogen (secondary N) is 1. The van der Waals surface area contributed by atoms with Crippen LogP contribution in [0.5, 0.6) is 0 Å². The van der Waals surface area contributed by atoms with E-state index in [4.69, 9.17) is 10.2 Å². The summed E-state index contributed by atoms with van der Waals surface area (Å²) in [7, 11) is -3.72. The Labute approximate surface area is 126 Å². The molecule has 7 heteroatoms. The lowest BCUT2D eigenvalue weighted by molar-refractivity contribution is 0.494. The second kappa shape index (κ2) is 5.59. The number of nitrogens with two attached hydrogens (primary N) is 1. The van der Waals surface area contributed by atoms with Crippen LogP contribution in [0.15, 0.2) is 38.1 Å². The van der Waals surface area contributed by atoms with Crippen LogP contribution in [0.25, 0.3) is 0 Å². The maximum Gasteiger partial charge on any atom is 0.265 e. The summed E-state index contributed by atoms with van der Waals surface area (Å²) in [5.74, 6) is 0.869. The smallest absolute Gasteiger partial charge is 0.265 e. The molecule has 2 aromatic rings. The normalized spacial score (nSPS) is 11.6. The summed E-state index contributed by atoms with van der Waals surface area (Å²) < 4.78 is 33.7. The summed E-state index contributed by atoms with van der Waals surface area (Å²) in [6, 6.07) is 6.86. The van der Waals surface area contributed by atoms with E-state index in [0.29, 0.717) is 22.8 Å². The lowest BCUT2D eigenvalue weighted by atomic mass is 10.2. The molecular weight excluding hydrogens is 344 g/mol. The first-order valence-corrected chi connectivity index (χ1v) is 8.20. The highest BCUT2D eigenvalue weighted by Gasteiger charge is 2.26. The number of aryl methyl sites for hydroxylation is 2. The predicted molar refractivity (Wildman–Crippen MR) is 81.0 cm³/mol. The molecule has 0 aliphatic carbocycles. The average Bonchev–Trinajstić information content (AvgIpc) is 2.66. The summed E-state index contributed by atoms with van der Waals surface area (Å²) in [4.78, 5) is 0.125. The van der Waals surface area contributed by atoms with Crippen LogP contribution in [-0.4, -0.2) is 8.42 Å². The van der Waals surface area contributed by atoms with Gasteiger partial charge in [-0.2, -0.15) is 0 Å². The monoisotopic (exact) mass is 358 g/mol. The highest BCUT2D eigenvalue weighted by atomic mass is 79.9. The van der Waals surface area contributed by atoms with Gasteiger partial charge in [-0.05, 0) is 38.1 Å². The van der Waals surface area contributed by atoms with E-state index in [0.717, 1.165) is 4.47 Å². The van der Waals surface area contributed by atoms with Crippen LogP contribution >= 0.6 is 15.9 Å². The van der Waals surface area contributed by atoms with Crippen LogP contribution in [0.1, 0.15) is 17.1 Å². The van der Waals surface area contributed by atoms with Crippen molar-refractivity contribution < 1.29 is 12.8 Å². The standard InChI is InChI=1S/C13H15BrN2O3S/c1-8-12(7-15)13(9(2)19-8)20(17,18)16-11-5-3-10(14)4-6-11/h3-6,16H,7,15H2,1-2H3. The summed E-state index contributed by atoms with van der Waals surface area (Å²) in [6.45, 7) is 3.43. The molecule has 2 rings (SSSR count). The van der Waals surface area contributed by atoms with Crippen molar-refractivity contribution in [3.63, 3.8) is 0 Å². The van der Waals surface area contributed by atoms with Crippen LogP contribution in [0, 0.1) is 13.8 Å². The number of sulfonamides is 1. The first-order valence-electron chi connectivity index (χ1n) is 5.92. The first kappa shape index (κ1) is 15.1. The van der Waals surface area contributed by atoms with Gasteiger partial charge in [0, 0.05) is 22.3 Å². The van der Waals surface area contributed by atoms with Crippen molar-refractivity contribution in [2.75, 3.05) is 4.72 Å². The van der Waals surface area contributed by atoms with E-state index < -0.39 is 10.0 Å². The van der Waals surface area contributed by atoms with E-state index in [9.17, 15) is 8.42 Å². The molecule has 0 aliphatic heterocycles. The maximum atomic E-state index is 12.5. The van der Waals surface area contributed by atoms with Crippen molar-refractivity contribution >= 4 is 31.6 Å². The number of rotatable bonds is 4. The number of benzene rings is 1. The van der Waals surface area contributed by atoms with Crippen molar-refractivity contribution in [3.05, 3.63) is 45.8 Å². The first-order chi connectivity index (χ1) is 9.35. The number of halogens is 1. The third-order valence-electron chi connectivity index (χ3n) is 2.89. The molecule has 0 fully saturated rings. The van der Waals surface area contributed by atoms with Gasteiger partial charge in [-0.15, -0.1) is 0 Å². The van der Waals surface area contributed by atoms with E-state index in [2.05, 4.69) is 20.7 Å².